The Bertz CT molecular complexity index is 481. The van der Waals surface area contributed by atoms with Gasteiger partial charge in [0, 0.05) is 43.8 Å². The van der Waals surface area contributed by atoms with Gasteiger partial charge in [-0.15, -0.1) is 0 Å². The molecule has 1 amide bonds. The summed E-state index contributed by atoms with van der Waals surface area (Å²) in [7, 11) is 3.29. The normalized spacial score (nSPS) is 19.6. The maximum Gasteiger partial charge on any atom is 0.238 e. The average Bonchev–Trinajstić information content (AvgIpc) is 2.49. The van der Waals surface area contributed by atoms with Crippen molar-refractivity contribution in [2.24, 2.45) is 0 Å². The number of rotatable bonds is 4. The van der Waals surface area contributed by atoms with E-state index in [9.17, 15) is 4.79 Å². The van der Waals surface area contributed by atoms with Crippen LogP contribution in [-0.2, 0) is 11.3 Å². The molecule has 20 heavy (non-hydrogen) atoms. The third-order valence-electron chi connectivity index (χ3n) is 3.56. The van der Waals surface area contributed by atoms with Gasteiger partial charge in [-0.2, -0.15) is 0 Å². The van der Waals surface area contributed by atoms with E-state index in [-0.39, 0.29) is 11.9 Å². The molecule has 1 aliphatic rings. The number of benzene rings is 1. The first kappa shape index (κ1) is 15.1. The lowest BCUT2D eigenvalue weighted by Gasteiger charge is -2.35. The van der Waals surface area contributed by atoms with Gasteiger partial charge in [0.2, 0.25) is 5.91 Å². The third-order valence-corrected chi connectivity index (χ3v) is 3.91. The molecule has 1 aromatic carbocycles. The monoisotopic (exact) mass is 297 g/mol. The van der Waals surface area contributed by atoms with Gasteiger partial charge >= 0.3 is 0 Å². The summed E-state index contributed by atoms with van der Waals surface area (Å²) >= 11 is 6.27. The maximum atomic E-state index is 11.9. The standard InChI is InChI=1S/C14H20ClN3O2/c1-16-14(19)12-8-17-6-7-18(12)9-10-11(15)4-3-5-13(10)20-2/h3-5,12,17H,6-9H2,1-2H3,(H,16,19). The number of nitrogens with zero attached hydrogens (tertiary/aromatic N) is 1. The predicted molar refractivity (Wildman–Crippen MR) is 79.1 cm³/mol. The summed E-state index contributed by atoms with van der Waals surface area (Å²) in [6.45, 7) is 2.90. The van der Waals surface area contributed by atoms with Gasteiger partial charge in [0.1, 0.15) is 11.8 Å². The molecule has 110 valence electrons. The zero-order valence-electron chi connectivity index (χ0n) is 11.8. The second-order valence-corrected chi connectivity index (χ2v) is 5.13. The number of piperazine rings is 1. The molecule has 1 saturated heterocycles. The fourth-order valence-electron chi connectivity index (χ4n) is 2.45. The fraction of sp³-hybridized carbons (Fsp3) is 0.500. The van der Waals surface area contributed by atoms with Crippen LogP contribution in [0.15, 0.2) is 18.2 Å². The summed E-state index contributed by atoms with van der Waals surface area (Å²) in [4.78, 5) is 14.1. The topological polar surface area (TPSA) is 53.6 Å². The Labute approximate surface area is 124 Å². The van der Waals surface area contributed by atoms with Crippen molar-refractivity contribution in [2.45, 2.75) is 12.6 Å². The van der Waals surface area contributed by atoms with Crippen molar-refractivity contribution in [1.82, 2.24) is 15.5 Å². The first-order valence-corrected chi connectivity index (χ1v) is 7.03. The third kappa shape index (κ3) is 3.23. The van der Waals surface area contributed by atoms with E-state index in [1.165, 1.54) is 0 Å². The molecule has 5 nitrogen and oxygen atoms in total. The Kier molecular flexibility index (Phi) is 5.23. The number of likely N-dealkylation sites (N-methyl/N-ethyl adjacent to an activating group) is 1. The summed E-state index contributed by atoms with van der Waals surface area (Å²) < 4.78 is 5.36. The quantitative estimate of drug-likeness (QED) is 0.866. The Hall–Kier alpha value is -1.30. The summed E-state index contributed by atoms with van der Waals surface area (Å²) in [5.74, 6) is 0.773. The summed E-state index contributed by atoms with van der Waals surface area (Å²) in [5.41, 5.74) is 0.924. The molecule has 0 aliphatic carbocycles. The highest BCUT2D eigenvalue weighted by molar-refractivity contribution is 6.31. The Morgan fingerprint density at radius 3 is 3.10 bits per heavy atom. The minimum Gasteiger partial charge on any atom is -0.496 e. The smallest absolute Gasteiger partial charge is 0.238 e. The molecule has 6 heteroatoms. The molecule has 1 aromatic rings. The van der Waals surface area contributed by atoms with Crippen LogP contribution in [0.5, 0.6) is 5.75 Å². The number of nitrogens with one attached hydrogen (secondary N) is 2. The van der Waals surface area contributed by atoms with Gasteiger partial charge in [0.05, 0.1) is 7.11 Å². The predicted octanol–water partition coefficient (Wildman–Crippen LogP) is 0.868. The van der Waals surface area contributed by atoms with Gasteiger partial charge in [-0.25, -0.2) is 0 Å². The van der Waals surface area contributed by atoms with Gasteiger partial charge in [-0.3, -0.25) is 9.69 Å². The summed E-state index contributed by atoms with van der Waals surface area (Å²) in [6, 6.07) is 5.41. The molecule has 0 spiro atoms. The van der Waals surface area contributed by atoms with E-state index < -0.39 is 0 Å². The van der Waals surface area contributed by atoms with Gasteiger partial charge in [0.25, 0.3) is 0 Å². The molecule has 0 aromatic heterocycles. The minimum absolute atomic E-state index is 0.0169. The largest absolute Gasteiger partial charge is 0.496 e. The zero-order chi connectivity index (χ0) is 14.5. The van der Waals surface area contributed by atoms with Crippen LogP contribution in [0.2, 0.25) is 5.02 Å². The molecule has 1 heterocycles. The number of carbonyl (C=O) groups is 1. The van der Waals surface area contributed by atoms with E-state index in [1.54, 1.807) is 14.2 Å². The van der Waals surface area contributed by atoms with Gasteiger partial charge in [-0.1, -0.05) is 17.7 Å². The molecule has 0 bridgehead atoms. The lowest BCUT2D eigenvalue weighted by atomic mass is 10.1. The van der Waals surface area contributed by atoms with E-state index >= 15 is 0 Å². The summed E-state index contributed by atoms with van der Waals surface area (Å²) in [6.07, 6.45) is 0. The van der Waals surface area contributed by atoms with Gasteiger partial charge < -0.3 is 15.4 Å². The molecule has 2 N–H and O–H groups in total. The molecule has 1 unspecified atom stereocenters. The molecular weight excluding hydrogens is 278 g/mol. The van der Waals surface area contributed by atoms with Crippen LogP contribution in [0.3, 0.4) is 0 Å². The van der Waals surface area contributed by atoms with E-state index in [0.717, 1.165) is 24.4 Å². The second kappa shape index (κ2) is 6.92. The number of methoxy groups -OCH3 is 1. The Morgan fingerprint density at radius 2 is 2.40 bits per heavy atom. The number of hydrogen-bond acceptors (Lipinski definition) is 4. The minimum atomic E-state index is -0.185. The lowest BCUT2D eigenvalue weighted by Crippen LogP contribution is -2.56. The first-order chi connectivity index (χ1) is 9.67. The molecule has 0 saturated carbocycles. The second-order valence-electron chi connectivity index (χ2n) is 4.73. The van der Waals surface area contributed by atoms with Gasteiger partial charge in [-0.05, 0) is 12.1 Å². The average molecular weight is 298 g/mol. The maximum absolute atomic E-state index is 11.9. The summed E-state index contributed by atoms with van der Waals surface area (Å²) in [5, 5.41) is 6.62. The van der Waals surface area contributed by atoms with E-state index in [4.69, 9.17) is 16.3 Å². The van der Waals surface area contributed by atoms with Crippen molar-refractivity contribution in [3.8, 4) is 5.75 Å². The highest BCUT2D eigenvalue weighted by Gasteiger charge is 2.28. The van der Waals surface area contributed by atoms with Crippen molar-refractivity contribution >= 4 is 17.5 Å². The number of ether oxygens (including phenoxy) is 1. The van der Waals surface area contributed by atoms with Crippen molar-refractivity contribution < 1.29 is 9.53 Å². The molecule has 2 rings (SSSR count). The highest BCUT2D eigenvalue weighted by Crippen LogP contribution is 2.28. The van der Waals surface area contributed by atoms with Gasteiger partial charge in [0.15, 0.2) is 0 Å². The molecule has 1 atom stereocenters. The van der Waals surface area contributed by atoms with Crippen molar-refractivity contribution in [3.05, 3.63) is 28.8 Å². The van der Waals surface area contributed by atoms with Crippen LogP contribution in [0.1, 0.15) is 5.56 Å². The molecule has 1 aliphatic heterocycles. The van der Waals surface area contributed by atoms with Crippen molar-refractivity contribution in [3.63, 3.8) is 0 Å². The number of hydrogen-bond donors (Lipinski definition) is 2. The molecular formula is C14H20ClN3O2. The van der Waals surface area contributed by atoms with E-state index in [1.807, 2.05) is 18.2 Å². The van der Waals surface area contributed by atoms with Crippen LogP contribution in [0.4, 0.5) is 0 Å². The number of halogens is 1. The fourth-order valence-corrected chi connectivity index (χ4v) is 2.67. The zero-order valence-corrected chi connectivity index (χ0v) is 12.5. The van der Waals surface area contributed by atoms with Crippen LogP contribution >= 0.6 is 11.6 Å². The van der Waals surface area contributed by atoms with E-state index in [0.29, 0.717) is 18.1 Å². The number of amides is 1. The first-order valence-electron chi connectivity index (χ1n) is 6.65. The van der Waals surface area contributed by atoms with Crippen LogP contribution in [0, 0.1) is 0 Å². The van der Waals surface area contributed by atoms with Crippen LogP contribution < -0.4 is 15.4 Å². The molecule has 1 fully saturated rings. The molecule has 0 radical (unpaired) electrons. The van der Waals surface area contributed by atoms with Crippen LogP contribution in [-0.4, -0.2) is 50.6 Å². The van der Waals surface area contributed by atoms with E-state index in [2.05, 4.69) is 15.5 Å². The van der Waals surface area contributed by atoms with Crippen molar-refractivity contribution in [1.29, 1.82) is 0 Å². The SMILES string of the molecule is CNC(=O)C1CNCCN1Cc1c(Cl)cccc1OC. The Morgan fingerprint density at radius 1 is 1.60 bits per heavy atom. The highest BCUT2D eigenvalue weighted by atomic mass is 35.5. The number of carbonyl (C=O) groups excluding carboxylic acids is 1. The van der Waals surface area contributed by atoms with Crippen LogP contribution in [0.25, 0.3) is 0 Å². The van der Waals surface area contributed by atoms with Crippen molar-refractivity contribution in [2.75, 3.05) is 33.8 Å². The Balaban J connectivity index is 2.21. The lowest BCUT2D eigenvalue weighted by molar-refractivity contribution is -0.126.